The minimum Gasteiger partial charge on any atom is -0.505 e. The molecule has 4 nitrogen and oxygen atoms in total. The summed E-state index contributed by atoms with van der Waals surface area (Å²) in [5, 5.41) is 17.7. The van der Waals surface area contributed by atoms with Crippen molar-refractivity contribution in [2.45, 2.75) is 5.75 Å². The maximum absolute atomic E-state index is 13.0. The molecule has 0 aromatic heterocycles. The Morgan fingerprint density at radius 3 is 2.33 bits per heavy atom. The number of hydrogen-bond donors (Lipinski definition) is 2. The Bertz CT molecular complexity index is 500. The van der Waals surface area contributed by atoms with Gasteiger partial charge in [0.15, 0.2) is 11.5 Å². The van der Waals surface area contributed by atoms with E-state index in [-0.39, 0.29) is 5.56 Å². The first-order chi connectivity index (χ1) is 6.72. The van der Waals surface area contributed by atoms with Gasteiger partial charge < -0.3 is 10.2 Å². The standard InChI is InChI=1S/C7H5Cl2FO4S/c8-4-1-3(2-15(9,13)14)6(11)5(10)7(4)12/h1,11-12H,2H2. The van der Waals surface area contributed by atoms with Gasteiger partial charge in [-0.15, -0.1) is 0 Å². The minimum absolute atomic E-state index is 0.315. The molecule has 0 amide bonds. The van der Waals surface area contributed by atoms with E-state index in [1.165, 1.54) is 0 Å². The Morgan fingerprint density at radius 2 is 1.87 bits per heavy atom. The number of aromatic hydroxyl groups is 2. The average Bonchev–Trinajstić information content (AvgIpc) is 2.08. The zero-order valence-electron chi connectivity index (χ0n) is 7.04. The highest BCUT2D eigenvalue weighted by atomic mass is 35.7. The Morgan fingerprint density at radius 1 is 1.33 bits per heavy atom. The van der Waals surface area contributed by atoms with Crippen LogP contribution in [-0.2, 0) is 14.8 Å². The van der Waals surface area contributed by atoms with Crippen molar-refractivity contribution in [2.24, 2.45) is 0 Å². The molecule has 0 saturated heterocycles. The summed E-state index contributed by atoms with van der Waals surface area (Å²) in [6, 6.07) is 0.926. The maximum atomic E-state index is 13.0. The van der Waals surface area contributed by atoms with Crippen LogP contribution in [0.25, 0.3) is 0 Å². The Labute approximate surface area is 94.3 Å². The summed E-state index contributed by atoms with van der Waals surface area (Å²) < 4.78 is 34.4. The fraction of sp³-hybridized carbons (Fsp3) is 0.143. The fourth-order valence-electron chi connectivity index (χ4n) is 0.943. The van der Waals surface area contributed by atoms with Crippen molar-refractivity contribution in [3.05, 3.63) is 22.5 Å². The average molecular weight is 275 g/mol. The van der Waals surface area contributed by atoms with Crippen molar-refractivity contribution in [3.63, 3.8) is 0 Å². The van der Waals surface area contributed by atoms with Gasteiger partial charge in [-0.25, -0.2) is 8.42 Å². The highest BCUT2D eigenvalue weighted by Crippen LogP contribution is 2.36. The molecule has 0 bridgehead atoms. The molecule has 0 aliphatic heterocycles. The van der Waals surface area contributed by atoms with Crippen LogP contribution in [-0.4, -0.2) is 18.6 Å². The van der Waals surface area contributed by atoms with Crippen LogP contribution >= 0.6 is 22.3 Å². The topological polar surface area (TPSA) is 74.6 Å². The highest BCUT2D eigenvalue weighted by Gasteiger charge is 2.19. The molecule has 0 atom stereocenters. The second-order valence-corrected chi connectivity index (χ2v) is 5.90. The molecule has 0 aliphatic carbocycles. The van der Waals surface area contributed by atoms with Crippen molar-refractivity contribution >= 4 is 31.3 Å². The predicted molar refractivity (Wildman–Crippen MR) is 53.2 cm³/mol. The van der Waals surface area contributed by atoms with Gasteiger partial charge in [0, 0.05) is 16.2 Å². The molecule has 2 N–H and O–H groups in total. The molecule has 0 aliphatic rings. The summed E-state index contributed by atoms with van der Waals surface area (Å²) in [6.07, 6.45) is 0. The lowest BCUT2D eigenvalue weighted by atomic mass is 10.2. The number of phenolic OH excluding ortho intramolecular Hbond substituents is 2. The van der Waals surface area contributed by atoms with Crippen LogP contribution < -0.4 is 0 Å². The normalized spacial score (nSPS) is 11.7. The van der Waals surface area contributed by atoms with E-state index in [0.717, 1.165) is 6.07 Å². The molecule has 15 heavy (non-hydrogen) atoms. The van der Waals surface area contributed by atoms with E-state index in [4.69, 9.17) is 32.5 Å². The molecule has 1 aromatic carbocycles. The van der Waals surface area contributed by atoms with E-state index in [9.17, 15) is 12.8 Å². The van der Waals surface area contributed by atoms with E-state index >= 15 is 0 Å². The summed E-state index contributed by atoms with van der Waals surface area (Å²) >= 11 is 5.38. The second-order valence-electron chi connectivity index (χ2n) is 2.71. The van der Waals surface area contributed by atoms with Gasteiger partial charge >= 0.3 is 0 Å². The number of benzene rings is 1. The van der Waals surface area contributed by atoms with Gasteiger partial charge in [0.1, 0.15) is 0 Å². The molecular weight excluding hydrogens is 270 g/mol. The summed E-state index contributed by atoms with van der Waals surface area (Å²) in [6.45, 7) is 0. The molecule has 0 fully saturated rings. The van der Waals surface area contributed by atoms with Gasteiger partial charge in [-0.1, -0.05) is 11.6 Å². The molecule has 8 heteroatoms. The van der Waals surface area contributed by atoms with Crippen molar-refractivity contribution in [1.82, 2.24) is 0 Å². The summed E-state index contributed by atoms with van der Waals surface area (Å²) in [5.74, 6) is -4.08. The quantitative estimate of drug-likeness (QED) is 0.809. The molecule has 1 rings (SSSR count). The lowest BCUT2D eigenvalue weighted by molar-refractivity contribution is 0.386. The lowest BCUT2D eigenvalue weighted by Crippen LogP contribution is -1.97. The monoisotopic (exact) mass is 274 g/mol. The van der Waals surface area contributed by atoms with Crippen LogP contribution in [0.1, 0.15) is 5.56 Å². The van der Waals surface area contributed by atoms with Crippen LogP contribution in [0.5, 0.6) is 11.5 Å². The first kappa shape index (κ1) is 12.4. The van der Waals surface area contributed by atoms with Crippen molar-refractivity contribution < 1.29 is 23.0 Å². The van der Waals surface area contributed by atoms with Crippen molar-refractivity contribution in [1.29, 1.82) is 0 Å². The van der Waals surface area contributed by atoms with Gasteiger partial charge in [-0.2, -0.15) is 4.39 Å². The van der Waals surface area contributed by atoms with Gasteiger partial charge in [0.05, 0.1) is 10.8 Å². The van der Waals surface area contributed by atoms with Gasteiger partial charge in [-0.05, 0) is 6.07 Å². The highest BCUT2D eigenvalue weighted by molar-refractivity contribution is 8.13. The Kier molecular flexibility index (Phi) is 3.32. The van der Waals surface area contributed by atoms with E-state index in [2.05, 4.69) is 0 Å². The molecule has 0 saturated carbocycles. The molecule has 1 aromatic rings. The third kappa shape index (κ3) is 2.87. The van der Waals surface area contributed by atoms with E-state index < -0.39 is 37.1 Å². The van der Waals surface area contributed by atoms with Crippen LogP contribution in [0.15, 0.2) is 6.07 Å². The number of phenols is 2. The van der Waals surface area contributed by atoms with Crippen LogP contribution in [0.2, 0.25) is 5.02 Å². The molecule has 0 heterocycles. The van der Waals surface area contributed by atoms with E-state index in [0.29, 0.717) is 0 Å². The van der Waals surface area contributed by atoms with Crippen LogP contribution in [0.4, 0.5) is 4.39 Å². The number of halogens is 3. The Balaban J connectivity index is 3.33. The molecule has 84 valence electrons. The third-order valence-corrected chi connectivity index (χ3v) is 2.85. The number of rotatable bonds is 2. The molecule has 0 unspecified atom stereocenters. The molecular formula is C7H5Cl2FO4S. The van der Waals surface area contributed by atoms with Crippen LogP contribution in [0.3, 0.4) is 0 Å². The van der Waals surface area contributed by atoms with Crippen molar-refractivity contribution in [2.75, 3.05) is 0 Å². The van der Waals surface area contributed by atoms with Crippen LogP contribution in [0, 0.1) is 5.82 Å². The summed E-state index contributed by atoms with van der Waals surface area (Å²) in [4.78, 5) is 0. The van der Waals surface area contributed by atoms with Gasteiger partial charge in [0.2, 0.25) is 14.9 Å². The molecule has 0 radical (unpaired) electrons. The van der Waals surface area contributed by atoms with Crippen molar-refractivity contribution in [3.8, 4) is 11.5 Å². The second kappa shape index (κ2) is 4.03. The largest absolute Gasteiger partial charge is 0.505 e. The molecule has 0 spiro atoms. The zero-order chi connectivity index (χ0) is 11.8. The number of hydrogen-bond acceptors (Lipinski definition) is 4. The Hall–Kier alpha value is -0.720. The summed E-state index contributed by atoms with van der Waals surface area (Å²) in [7, 11) is 0.976. The maximum Gasteiger partial charge on any atom is 0.236 e. The third-order valence-electron chi connectivity index (χ3n) is 1.58. The van der Waals surface area contributed by atoms with E-state index in [1.54, 1.807) is 0 Å². The predicted octanol–water partition coefficient (Wildman–Crippen LogP) is 1.96. The fourth-order valence-corrected chi connectivity index (χ4v) is 2.10. The SMILES string of the molecule is O=S(=O)(Cl)Cc1cc(Cl)c(O)c(F)c1O. The van der Waals surface area contributed by atoms with Gasteiger partial charge in [0.25, 0.3) is 0 Å². The minimum atomic E-state index is -3.94. The smallest absolute Gasteiger partial charge is 0.236 e. The first-order valence-corrected chi connectivity index (χ1v) is 6.39. The lowest BCUT2D eigenvalue weighted by Gasteiger charge is -2.06. The first-order valence-electron chi connectivity index (χ1n) is 3.53. The van der Waals surface area contributed by atoms with Gasteiger partial charge in [-0.3, -0.25) is 0 Å². The van der Waals surface area contributed by atoms with E-state index in [1.807, 2.05) is 0 Å². The zero-order valence-corrected chi connectivity index (χ0v) is 9.37. The summed E-state index contributed by atoms with van der Waals surface area (Å²) in [5.41, 5.74) is -0.315.